The van der Waals surface area contributed by atoms with E-state index >= 15 is 0 Å². The van der Waals surface area contributed by atoms with E-state index in [2.05, 4.69) is 62.5 Å². The highest BCUT2D eigenvalue weighted by atomic mass is 31.2. The van der Waals surface area contributed by atoms with Gasteiger partial charge in [-0.05, 0) is 57.8 Å². The Hall–Kier alpha value is -2.19. The number of allylic oxidation sites excluding steroid dienone is 8. The van der Waals surface area contributed by atoms with Crippen LogP contribution in [0.25, 0.3) is 0 Å². The van der Waals surface area contributed by atoms with Gasteiger partial charge in [0.1, 0.15) is 43.2 Å². The molecule has 13 nitrogen and oxygen atoms in total. The fourth-order valence-corrected chi connectivity index (χ4v) is 6.77. The summed E-state index contributed by atoms with van der Waals surface area (Å²) in [6.07, 6.45) is 22.1. The van der Waals surface area contributed by atoms with Gasteiger partial charge in [0.25, 0.3) is 0 Å². The van der Waals surface area contributed by atoms with E-state index in [1.165, 1.54) is 19.3 Å². The highest BCUT2D eigenvalue weighted by molar-refractivity contribution is 7.47. The Bertz CT molecular complexity index is 1160. The van der Waals surface area contributed by atoms with E-state index in [0.29, 0.717) is 12.8 Å². The average Bonchev–Trinajstić information content (AvgIpc) is 3.16. The molecule has 55 heavy (non-hydrogen) atoms. The molecule has 0 aromatic carbocycles. The summed E-state index contributed by atoms with van der Waals surface area (Å²) in [5, 5.41) is 49.9. The predicted molar refractivity (Wildman–Crippen MR) is 212 cm³/mol. The van der Waals surface area contributed by atoms with Gasteiger partial charge in [-0.3, -0.25) is 18.6 Å². The second-order valence-corrected chi connectivity index (χ2v) is 15.5. The number of aliphatic hydroxyl groups excluding tert-OH is 5. The summed E-state index contributed by atoms with van der Waals surface area (Å²) in [7, 11) is -5.11. The topological polar surface area (TPSA) is 210 Å². The quantitative estimate of drug-likeness (QED) is 0.0179. The standard InChI is InChI=1S/C41H71O13P/c1-3-5-7-9-11-12-13-14-15-16-17-18-19-20-21-22-24-25-27-29-34(42)51-31-33(53-35(43)30-28-26-23-10-8-6-4-2)32-52-55(49,50)54-41-39(47)37(45)36(44)38(46)40(41)48/h11-12,14-15,17-18,20-21,33,36-41,44-48H,3-10,13,16,19,22-32H2,1-2H3,(H,49,50)/b12-11+,15-14+,18-17+,21-20+/t33-,36?,37-,38?,39?,40?,41?/m0/s1. The third-order valence-electron chi connectivity index (χ3n) is 9.17. The van der Waals surface area contributed by atoms with Crippen LogP contribution < -0.4 is 0 Å². The zero-order valence-electron chi connectivity index (χ0n) is 33.2. The largest absolute Gasteiger partial charge is 0.472 e. The van der Waals surface area contributed by atoms with E-state index in [-0.39, 0.29) is 12.8 Å². The Morgan fingerprint density at radius 3 is 1.53 bits per heavy atom. The maximum absolute atomic E-state index is 12.7. The van der Waals surface area contributed by atoms with Gasteiger partial charge in [-0.2, -0.15) is 0 Å². The molecule has 1 aliphatic rings. The first kappa shape index (κ1) is 50.8. The molecular weight excluding hydrogens is 731 g/mol. The van der Waals surface area contributed by atoms with Gasteiger partial charge in [-0.25, -0.2) is 4.57 Å². The highest BCUT2D eigenvalue weighted by Crippen LogP contribution is 2.47. The minimum Gasteiger partial charge on any atom is -0.462 e. The smallest absolute Gasteiger partial charge is 0.462 e. The van der Waals surface area contributed by atoms with Gasteiger partial charge in [0.05, 0.1) is 6.61 Å². The van der Waals surface area contributed by atoms with Crippen LogP contribution in [0.4, 0.5) is 0 Å². The van der Waals surface area contributed by atoms with Crippen molar-refractivity contribution >= 4 is 19.8 Å². The molecule has 8 atom stereocenters. The van der Waals surface area contributed by atoms with Crippen molar-refractivity contribution in [3.8, 4) is 0 Å². The first-order valence-electron chi connectivity index (χ1n) is 20.4. The van der Waals surface area contributed by atoms with Gasteiger partial charge in [0.2, 0.25) is 0 Å². The van der Waals surface area contributed by atoms with Crippen molar-refractivity contribution in [2.75, 3.05) is 13.2 Å². The number of unbranched alkanes of at least 4 members (excludes halogenated alkanes) is 12. The molecular formula is C41H71O13P. The third-order valence-corrected chi connectivity index (χ3v) is 10.2. The lowest BCUT2D eigenvalue weighted by Crippen LogP contribution is -2.64. The molecule has 0 radical (unpaired) electrons. The molecule has 0 amide bonds. The Morgan fingerprint density at radius 2 is 0.982 bits per heavy atom. The van der Waals surface area contributed by atoms with Crippen LogP contribution in [0.5, 0.6) is 0 Å². The van der Waals surface area contributed by atoms with Crippen molar-refractivity contribution in [3.05, 3.63) is 48.6 Å². The average molecular weight is 803 g/mol. The van der Waals surface area contributed by atoms with E-state index in [1.807, 2.05) is 0 Å². The van der Waals surface area contributed by atoms with Crippen LogP contribution in [-0.2, 0) is 32.7 Å². The normalized spacial score (nSPS) is 23.6. The summed E-state index contributed by atoms with van der Waals surface area (Å²) in [6, 6.07) is 0. The van der Waals surface area contributed by atoms with Crippen molar-refractivity contribution in [3.63, 3.8) is 0 Å². The molecule has 318 valence electrons. The molecule has 0 aromatic rings. The maximum Gasteiger partial charge on any atom is 0.472 e. The summed E-state index contributed by atoms with van der Waals surface area (Å²) in [6.45, 7) is 3.15. The Balaban J connectivity index is 2.47. The summed E-state index contributed by atoms with van der Waals surface area (Å²) in [4.78, 5) is 35.3. The zero-order chi connectivity index (χ0) is 40.7. The zero-order valence-corrected chi connectivity index (χ0v) is 34.1. The van der Waals surface area contributed by atoms with Crippen molar-refractivity contribution in [2.45, 2.75) is 185 Å². The van der Waals surface area contributed by atoms with Crippen LogP contribution in [0, 0.1) is 0 Å². The van der Waals surface area contributed by atoms with Crippen molar-refractivity contribution < 1.29 is 63.1 Å². The van der Waals surface area contributed by atoms with Crippen LogP contribution >= 0.6 is 7.82 Å². The summed E-state index contributed by atoms with van der Waals surface area (Å²) in [5.74, 6) is -1.15. The molecule has 0 bridgehead atoms. The number of hydrogen-bond acceptors (Lipinski definition) is 12. The number of phosphoric ester groups is 1. The van der Waals surface area contributed by atoms with Gasteiger partial charge in [-0.15, -0.1) is 0 Å². The number of carbonyl (C=O) groups excluding carboxylic acids is 2. The van der Waals surface area contributed by atoms with Gasteiger partial charge in [-0.1, -0.05) is 120 Å². The lowest BCUT2D eigenvalue weighted by Gasteiger charge is -2.41. The van der Waals surface area contributed by atoms with Crippen LogP contribution in [0.3, 0.4) is 0 Å². The molecule has 0 aromatic heterocycles. The fraction of sp³-hybridized carbons (Fsp3) is 0.756. The second-order valence-electron chi connectivity index (χ2n) is 14.1. The van der Waals surface area contributed by atoms with Crippen molar-refractivity contribution in [2.24, 2.45) is 0 Å². The number of ether oxygens (including phenoxy) is 2. The van der Waals surface area contributed by atoms with Crippen molar-refractivity contribution in [1.29, 1.82) is 0 Å². The van der Waals surface area contributed by atoms with E-state index < -0.39 is 75.7 Å². The number of rotatable bonds is 32. The van der Waals surface area contributed by atoms with E-state index in [1.54, 1.807) is 0 Å². The van der Waals surface area contributed by atoms with Gasteiger partial charge < -0.3 is 39.9 Å². The number of hydrogen-bond donors (Lipinski definition) is 6. The molecule has 6 N–H and O–H groups in total. The SMILES string of the molecule is CCCCC/C=C/C/C=C/C/C=C/C/C=C/CCCCCC(=O)OC[C@@H](COP(=O)(O)OC1C(O)C(O)C(O)[C@H](O)C1O)OC(=O)CCCCCCCCC. The van der Waals surface area contributed by atoms with E-state index in [9.17, 15) is 44.6 Å². The highest BCUT2D eigenvalue weighted by Gasteiger charge is 2.51. The molecule has 1 aliphatic carbocycles. The fourth-order valence-electron chi connectivity index (χ4n) is 5.80. The van der Waals surface area contributed by atoms with Crippen LogP contribution in [-0.4, -0.2) is 98.3 Å². The van der Waals surface area contributed by atoms with Gasteiger partial charge in [0.15, 0.2) is 6.10 Å². The van der Waals surface area contributed by atoms with Crippen LogP contribution in [0.15, 0.2) is 48.6 Å². The molecule has 1 saturated carbocycles. The van der Waals surface area contributed by atoms with Crippen LogP contribution in [0.1, 0.15) is 142 Å². The molecule has 0 aliphatic heterocycles. The molecule has 14 heteroatoms. The maximum atomic E-state index is 12.7. The number of phosphoric acid groups is 1. The lowest BCUT2D eigenvalue weighted by molar-refractivity contribution is -0.220. The number of carbonyl (C=O) groups is 2. The number of aliphatic hydroxyl groups is 5. The molecule has 1 fully saturated rings. The monoisotopic (exact) mass is 802 g/mol. The Morgan fingerprint density at radius 1 is 0.564 bits per heavy atom. The van der Waals surface area contributed by atoms with Gasteiger partial charge in [0, 0.05) is 12.8 Å². The Kier molecular flexibility index (Phi) is 29.4. The first-order chi connectivity index (χ1) is 26.4. The van der Waals surface area contributed by atoms with E-state index in [0.717, 1.165) is 83.5 Å². The van der Waals surface area contributed by atoms with Crippen molar-refractivity contribution in [1.82, 2.24) is 0 Å². The first-order valence-corrected chi connectivity index (χ1v) is 21.9. The molecule has 1 rings (SSSR count). The predicted octanol–water partition coefficient (Wildman–Crippen LogP) is 6.83. The number of esters is 2. The molecule has 0 saturated heterocycles. The molecule has 0 spiro atoms. The minimum atomic E-state index is -5.11. The molecule has 0 heterocycles. The Labute approximate surface area is 329 Å². The lowest BCUT2D eigenvalue weighted by atomic mass is 9.85. The second kappa shape index (κ2) is 31.8. The summed E-state index contributed by atoms with van der Waals surface area (Å²) >= 11 is 0. The minimum absolute atomic E-state index is 0.0868. The molecule has 6 unspecified atom stereocenters. The summed E-state index contributed by atoms with van der Waals surface area (Å²) in [5.41, 5.74) is 0. The van der Waals surface area contributed by atoms with E-state index in [4.69, 9.17) is 18.5 Å². The summed E-state index contributed by atoms with van der Waals surface area (Å²) < 4.78 is 33.2. The van der Waals surface area contributed by atoms with Crippen LogP contribution in [0.2, 0.25) is 0 Å². The van der Waals surface area contributed by atoms with Gasteiger partial charge >= 0.3 is 19.8 Å². The third kappa shape index (κ3) is 24.9.